The summed E-state index contributed by atoms with van der Waals surface area (Å²) in [5, 5.41) is 9.02. The number of carbonyl (C=O) groups is 1. The molecule has 1 aliphatic rings. The van der Waals surface area contributed by atoms with Crippen LogP contribution in [0.15, 0.2) is 29.2 Å². The highest BCUT2D eigenvalue weighted by Crippen LogP contribution is 2.30. The lowest BCUT2D eigenvalue weighted by atomic mass is 10.1. The molecule has 3 aromatic rings. The van der Waals surface area contributed by atoms with E-state index in [-0.39, 0.29) is 22.6 Å². The second kappa shape index (κ2) is 6.48. The molecule has 1 saturated heterocycles. The summed E-state index contributed by atoms with van der Waals surface area (Å²) in [4.78, 5) is 29.3. The molecule has 0 atom stereocenters. The fourth-order valence-corrected chi connectivity index (χ4v) is 3.25. The van der Waals surface area contributed by atoms with Gasteiger partial charge in [0.25, 0.3) is 0 Å². The van der Waals surface area contributed by atoms with Gasteiger partial charge in [-0.2, -0.15) is 0 Å². The van der Waals surface area contributed by atoms with Crippen molar-refractivity contribution in [3.05, 3.63) is 57.6 Å². The van der Waals surface area contributed by atoms with Crippen molar-refractivity contribution >= 4 is 28.4 Å². The monoisotopic (exact) mass is 405 g/mol. The SMILES string of the molecule is Nc1nc(-n2cc(C(=O)O)c(=O)c3cc(F)c(N4CC(N)C4)cc32)c(F)cc1F. The molecular weight excluding hydrogens is 391 g/mol. The third-order valence-corrected chi connectivity index (χ3v) is 4.72. The summed E-state index contributed by atoms with van der Waals surface area (Å²) in [6.07, 6.45) is 0.847. The van der Waals surface area contributed by atoms with Crippen LogP contribution in [-0.4, -0.2) is 39.8 Å². The number of nitrogens with zero attached hydrogens (tertiary/aromatic N) is 3. The molecule has 2 aromatic heterocycles. The molecule has 0 spiro atoms. The lowest BCUT2D eigenvalue weighted by molar-refractivity contribution is 0.0695. The highest BCUT2D eigenvalue weighted by molar-refractivity contribution is 5.94. The average molecular weight is 405 g/mol. The summed E-state index contributed by atoms with van der Waals surface area (Å²) in [6, 6.07) is 2.49. The second-order valence-electron chi connectivity index (χ2n) is 6.69. The van der Waals surface area contributed by atoms with E-state index in [1.165, 1.54) is 6.07 Å². The van der Waals surface area contributed by atoms with Gasteiger partial charge in [-0.25, -0.2) is 22.9 Å². The van der Waals surface area contributed by atoms with Crippen LogP contribution in [0.3, 0.4) is 0 Å². The molecule has 4 rings (SSSR count). The zero-order valence-electron chi connectivity index (χ0n) is 14.7. The molecule has 1 fully saturated rings. The van der Waals surface area contributed by atoms with Crippen molar-refractivity contribution < 1.29 is 23.1 Å². The first-order valence-corrected chi connectivity index (χ1v) is 8.42. The van der Waals surface area contributed by atoms with Gasteiger partial charge in [0.15, 0.2) is 23.3 Å². The summed E-state index contributed by atoms with van der Waals surface area (Å²) >= 11 is 0. The maximum Gasteiger partial charge on any atom is 0.341 e. The van der Waals surface area contributed by atoms with Crippen LogP contribution in [0.2, 0.25) is 0 Å². The molecule has 1 aromatic carbocycles. The van der Waals surface area contributed by atoms with Gasteiger partial charge in [0.05, 0.1) is 16.6 Å². The number of nitrogens with two attached hydrogens (primary N) is 2. The van der Waals surface area contributed by atoms with Crippen molar-refractivity contribution in [2.24, 2.45) is 5.73 Å². The first kappa shape index (κ1) is 18.7. The molecule has 1 aliphatic heterocycles. The van der Waals surface area contributed by atoms with Gasteiger partial charge in [-0.05, 0) is 12.1 Å². The molecular formula is C18H14F3N5O3. The Morgan fingerprint density at radius 3 is 2.45 bits per heavy atom. The third-order valence-electron chi connectivity index (χ3n) is 4.72. The maximum absolute atomic E-state index is 14.6. The lowest BCUT2D eigenvalue weighted by Gasteiger charge is -2.39. The van der Waals surface area contributed by atoms with Crippen molar-refractivity contribution in [1.82, 2.24) is 9.55 Å². The van der Waals surface area contributed by atoms with Gasteiger partial charge in [0.1, 0.15) is 11.4 Å². The number of fused-ring (bicyclic) bond motifs is 1. The minimum atomic E-state index is -1.60. The molecule has 0 bridgehead atoms. The number of aromatic nitrogens is 2. The molecule has 0 radical (unpaired) electrons. The number of halogens is 3. The number of hydrogen-bond acceptors (Lipinski definition) is 6. The Bertz CT molecular complexity index is 1240. The molecule has 11 heteroatoms. The van der Waals surface area contributed by atoms with E-state index in [9.17, 15) is 27.9 Å². The van der Waals surface area contributed by atoms with E-state index in [0.717, 1.165) is 16.8 Å². The minimum Gasteiger partial charge on any atom is -0.477 e. The summed E-state index contributed by atoms with van der Waals surface area (Å²) in [6.45, 7) is 0.742. The van der Waals surface area contributed by atoms with Crippen molar-refractivity contribution in [1.29, 1.82) is 0 Å². The zero-order chi connectivity index (χ0) is 21.0. The normalized spacial score (nSPS) is 14.3. The van der Waals surface area contributed by atoms with Crippen LogP contribution >= 0.6 is 0 Å². The highest BCUT2D eigenvalue weighted by atomic mass is 19.1. The first-order chi connectivity index (χ1) is 13.7. The number of aromatic carboxylic acids is 1. The standard InChI is InChI=1S/C18H14F3N5O3/c19-10-1-8-13(3-14(10)25-4-7(22)5-25)26(6-9(15(8)27)18(28)29)17-12(21)2-11(20)16(23)24-17/h1-3,6-7H,4-5,22H2,(H2,23,24)(H,28,29). The van der Waals surface area contributed by atoms with E-state index >= 15 is 0 Å². The number of benzene rings is 1. The van der Waals surface area contributed by atoms with E-state index in [1.807, 2.05) is 0 Å². The topological polar surface area (TPSA) is 127 Å². The Morgan fingerprint density at radius 1 is 1.14 bits per heavy atom. The molecule has 0 amide bonds. The quantitative estimate of drug-likeness (QED) is 0.598. The number of carboxylic acid groups (broad SMARTS) is 1. The molecule has 8 nitrogen and oxygen atoms in total. The number of anilines is 2. The Balaban J connectivity index is 2.07. The summed E-state index contributed by atoms with van der Waals surface area (Å²) < 4.78 is 43.5. The van der Waals surface area contributed by atoms with Crippen LogP contribution < -0.4 is 21.8 Å². The fraction of sp³-hybridized carbons (Fsp3) is 0.167. The van der Waals surface area contributed by atoms with E-state index < -0.39 is 46.0 Å². The van der Waals surface area contributed by atoms with E-state index in [0.29, 0.717) is 19.2 Å². The Kier molecular flexibility index (Phi) is 4.19. The van der Waals surface area contributed by atoms with Crippen LogP contribution in [0.5, 0.6) is 0 Å². The predicted molar refractivity (Wildman–Crippen MR) is 98.8 cm³/mol. The number of hydrogen-bond donors (Lipinski definition) is 3. The van der Waals surface area contributed by atoms with Gasteiger partial charge >= 0.3 is 5.97 Å². The zero-order valence-corrected chi connectivity index (χ0v) is 14.7. The number of pyridine rings is 2. The minimum absolute atomic E-state index is 0.0192. The van der Waals surface area contributed by atoms with Gasteiger partial charge in [0, 0.05) is 31.4 Å². The van der Waals surface area contributed by atoms with Gasteiger partial charge in [0.2, 0.25) is 5.43 Å². The summed E-state index contributed by atoms with van der Waals surface area (Å²) in [7, 11) is 0. The number of carboxylic acids is 1. The fourth-order valence-electron chi connectivity index (χ4n) is 3.25. The van der Waals surface area contributed by atoms with Gasteiger partial charge in [-0.1, -0.05) is 0 Å². The largest absolute Gasteiger partial charge is 0.477 e. The molecule has 5 N–H and O–H groups in total. The van der Waals surface area contributed by atoms with Crippen LogP contribution in [-0.2, 0) is 0 Å². The van der Waals surface area contributed by atoms with E-state index in [4.69, 9.17) is 11.5 Å². The number of nitrogen functional groups attached to an aromatic ring is 1. The van der Waals surface area contributed by atoms with Crippen molar-refractivity contribution in [3.8, 4) is 5.82 Å². The molecule has 29 heavy (non-hydrogen) atoms. The smallest absolute Gasteiger partial charge is 0.341 e. The Hall–Kier alpha value is -3.60. The summed E-state index contributed by atoms with van der Waals surface area (Å²) in [5.74, 6) is -5.76. The van der Waals surface area contributed by atoms with E-state index in [2.05, 4.69) is 4.98 Å². The van der Waals surface area contributed by atoms with Gasteiger partial charge < -0.3 is 21.5 Å². The number of rotatable bonds is 3. The second-order valence-corrected chi connectivity index (χ2v) is 6.69. The molecule has 0 saturated carbocycles. The van der Waals surface area contributed by atoms with Gasteiger partial charge in [-0.3, -0.25) is 9.36 Å². The van der Waals surface area contributed by atoms with Crippen molar-refractivity contribution in [2.45, 2.75) is 6.04 Å². The third kappa shape index (κ3) is 2.95. The average Bonchev–Trinajstić information content (AvgIpc) is 2.63. The highest BCUT2D eigenvalue weighted by Gasteiger charge is 2.27. The Morgan fingerprint density at radius 2 is 1.83 bits per heavy atom. The van der Waals surface area contributed by atoms with Crippen LogP contribution in [0, 0.1) is 17.5 Å². The van der Waals surface area contributed by atoms with Crippen LogP contribution in [0.4, 0.5) is 24.7 Å². The van der Waals surface area contributed by atoms with Crippen molar-refractivity contribution in [3.63, 3.8) is 0 Å². The Labute approximate surface area is 160 Å². The van der Waals surface area contributed by atoms with Gasteiger partial charge in [-0.15, -0.1) is 0 Å². The molecule has 0 aliphatic carbocycles. The first-order valence-electron chi connectivity index (χ1n) is 8.42. The predicted octanol–water partition coefficient (Wildman–Crippen LogP) is 1.23. The van der Waals surface area contributed by atoms with E-state index in [1.54, 1.807) is 4.90 Å². The van der Waals surface area contributed by atoms with Crippen LogP contribution in [0.25, 0.3) is 16.7 Å². The maximum atomic E-state index is 14.6. The lowest BCUT2D eigenvalue weighted by Crippen LogP contribution is -2.56. The van der Waals surface area contributed by atoms with Crippen molar-refractivity contribution in [2.75, 3.05) is 23.7 Å². The summed E-state index contributed by atoms with van der Waals surface area (Å²) in [5.41, 5.74) is 9.54. The molecule has 3 heterocycles. The molecule has 150 valence electrons. The van der Waals surface area contributed by atoms with Crippen LogP contribution in [0.1, 0.15) is 10.4 Å². The molecule has 0 unspecified atom stereocenters.